The molecule has 0 bridgehead atoms. The summed E-state index contributed by atoms with van der Waals surface area (Å²) in [4.78, 5) is 11.3. The fourth-order valence-corrected chi connectivity index (χ4v) is 1.36. The van der Waals surface area contributed by atoms with Gasteiger partial charge in [0.2, 0.25) is 0 Å². The van der Waals surface area contributed by atoms with Crippen LogP contribution < -0.4 is 5.32 Å². The van der Waals surface area contributed by atoms with Crippen molar-refractivity contribution in [2.24, 2.45) is 0 Å². The highest BCUT2D eigenvalue weighted by atomic mass is 16.5. The quantitative estimate of drug-likeness (QED) is 0.833. The molecule has 0 saturated carbocycles. The zero-order valence-corrected chi connectivity index (χ0v) is 13.6. The van der Waals surface area contributed by atoms with E-state index < -0.39 is 0 Å². The van der Waals surface area contributed by atoms with Crippen LogP contribution in [0.4, 0.5) is 0 Å². The first-order valence-corrected chi connectivity index (χ1v) is 7.11. The van der Waals surface area contributed by atoms with E-state index in [2.05, 4.69) is 23.9 Å². The fraction of sp³-hybridized carbons (Fsp3) is 0.562. The Morgan fingerprint density at radius 3 is 2.30 bits per heavy atom. The van der Waals surface area contributed by atoms with E-state index in [4.69, 9.17) is 0 Å². The van der Waals surface area contributed by atoms with Crippen molar-refractivity contribution in [1.29, 1.82) is 0 Å². The molecule has 20 heavy (non-hydrogen) atoms. The number of carbonyl (C=O) groups is 1. The first-order valence-electron chi connectivity index (χ1n) is 7.11. The summed E-state index contributed by atoms with van der Waals surface area (Å²) in [7, 11) is 3.06. The summed E-state index contributed by atoms with van der Waals surface area (Å²) in [5.41, 5.74) is 0.889. The summed E-state index contributed by atoms with van der Waals surface area (Å²) in [6, 6.07) is 6.45. The van der Waals surface area contributed by atoms with Gasteiger partial charge in [-0.1, -0.05) is 46.2 Å². The molecule has 4 heteroatoms. The van der Waals surface area contributed by atoms with Crippen LogP contribution >= 0.6 is 0 Å². The van der Waals surface area contributed by atoms with Crippen molar-refractivity contribution >= 4 is 5.97 Å². The lowest BCUT2D eigenvalue weighted by Gasteiger charge is -2.13. The molecule has 0 aliphatic rings. The first-order chi connectivity index (χ1) is 9.58. The number of rotatable bonds is 4. The van der Waals surface area contributed by atoms with Gasteiger partial charge in [-0.05, 0) is 31.2 Å². The number of phenolic OH excluding ortho intramolecular Hbond substituents is 1. The Balaban J connectivity index is 0. The molecule has 1 rings (SSSR count). The molecule has 1 unspecified atom stereocenters. The van der Waals surface area contributed by atoms with Gasteiger partial charge in [0.15, 0.2) is 0 Å². The molecule has 0 radical (unpaired) electrons. The molecule has 0 aliphatic carbocycles. The lowest BCUT2D eigenvalue weighted by atomic mass is 10.1. The van der Waals surface area contributed by atoms with E-state index in [-0.39, 0.29) is 17.8 Å². The lowest BCUT2D eigenvalue weighted by molar-refractivity contribution is -0.142. The van der Waals surface area contributed by atoms with Gasteiger partial charge in [0, 0.05) is 0 Å². The second-order valence-electron chi connectivity index (χ2n) is 3.95. The zero-order valence-electron chi connectivity index (χ0n) is 13.6. The number of ether oxygens (including phenoxy) is 1. The van der Waals surface area contributed by atoms with Gasteiger partial charge < -0.3 is 15.2 Å². The van der Waals surface area contributed by atoms with Crippen LogP contribution in [0.25, 0.3) is 0 Å². The molecule has 0 saturated heterocycles. The smallest absolute Gasteiger partial charge is 0.323 e. The predicted molar refractivity (Wildman–Crippen MR) is 84.0 cm³/mol. The van der Waals surface area contributed by atoms with Crippen LogP contribution in [0.2, 0.25) is 0 Å². The summed E-state index contributed by atoms with van der Waals surface area (Å²) in [5.74, 6) is -0.104. The van der Waals surface area contributed by atoms with Gasteiger partial charge >= 0.3 is 5.97 Å². The van der Waals surface area contributed by atoms with E-state index in [1.54, 1.807) is 25.2 Å². The van der Waals surface area contributed by atoms with Crippen molar-refractivity contribution in [2.75, 3.05) is 14.2 Å². The number of aromatic hydroxyl groups is 1. The number of hydrogen-bond acceptors (Lipinski definition) is 4. The molecule has 1 aromatic carbocycles. The van der Waals surface area contributed by atoms with Crippen molar-refractivity contribution < 1.29 is 14.6 Å². The van der Waals surface area contributed by atoms with Crippen LogP contribution in [0, 0.1) is 0 Å². The van der Waals surface area contributed by atoms with E-state index in [1.165, 1.54) is 13.5 Å². The number of phenols is 1. The molecule has 0 spiro atoms. The Hall–Kier alpha value is -1.55. The molecule has 0 heterocycles. The van der Waals surface area contributed by atoms with Crippen molar-refractivity contribution in [1.82, 2.24) is 5.32 Å². The van der Waals surface area contributed by atoms with Gasteiger partial charge in [0.05, 0.1) is 7.11 Å². The summed E-state index contributed by atoms with van der Waals surface area (Å²) in [6.07, 6.45) is 1.75. The minimum absolute atomic E-state index is 0.201. The molecule has 1 aromatic rings. The van der Waals surface area contributed by atoms with Crippen LogP contribution in [0.3, 0.4) is 0 Å². The monoisotopic (exact) mass is 283 g/mol. The highest BCUT2D eigenvalue weighted by Gasteiger charge is 2.17. The van der Waals surface area contributed by atoms with E-state index in [0.29, 0.717) is 6.42 Å². The summed E-state index contributed by atoms with van der Waals surface area (Å²) < 4.78 is 4.64. The molecule has 0 aliphatic heterocycles. The third-order valence-electron chi connectivity index (χ3n) is 2.18. The number of methoxy groups -OCH3 is 1. The Bertz CT molecular complexity index is 353. The average Bonchev–Trinajstić information content (AvgIpc) is 2.47. The number of benzene rings is 1. The van der Waals surface area contributed by atoms with E-state index in [0.717, 1.165) is 5.56 Å². The van der Waals surface area contributed by atoms with Crippen LogP contribution in [0.15, 0.2) is 24.3 Å². The number of nitrogens with one attached hydrogen (secondary N) is 1. The Labute approximate surface area is 123 Å². The number of hydrogen-bond donors (Lipinski definition) is 2. The van der Waals surface area contributed by atoms with Crippen molar-refractivity contribution in [3.63, 3.8) is 0 Å². The summed E-state index contributed by atoms with van der Waals surface area (Å²) in [5, 5.41) is 12.1. The van der Waals surface area contributed by atoms with E-state index in [1.807, 2.05) is 19.9 Å². The molecule has 0 fully saturated rings. The normalized spacial score (nSPS) is 10.3. The molecule has 4 nitrogen and oxygen atoms in total. The average molecular weight is 283 g/mol. The van der Waals surface area contributed by atoms with Gasteiger partial charge in [-0.3, -0.25) is 4.79 Å². The lowest BCUT2D eigenvalue weighted by Crippen LogP contribution is -2.36. The second-order valence-corrected chi connectivity index (χ2v) is 3.95. The minimum atomic E-state index is -0.378. The molecule has 0 aromatic heterocycles. The van der Waals surface area contributed by atoms with E-state index >= 15 is 0 Å². The number of carbonyl (C=O) groups excluding carboxylic acids is 1. The van der Waals surface area contributed by atoms with Crippen LogP contribution in [-0.2, 0) is 16.0 Å². The predicted octanol–water partition coefficient (Wildman–Crippen LogP) is 3.14. The third kappa shape index (κ3) is 9.39. The van der Waals surface area contributed by atoms with E-state index in [9.17, 15) is 9.90 Å². The topological polar surface area (TPSA) is 58.6 Å². The molecule has 1 atom stereocenters. The molecule has 2 N–H and O–H groups in total. The van der Waals surface area contributed by atoms with Crippen LogP contribution in [0.1, 0.15) is 39.7 Å². The third-order valence-corrected chi connectivity index (χ3v) is 2.18. The highest BCUT2D eigenvalue weighted by Crippen LogP contribution is 2.12. The maximum absolute atomic E-state index is 11.3. The van der Waals surface area contributed by atoms with Gasteiger partial charge in [-0.15, -0.1) is 0 Å². The number of likely N-dealkylation sites (N-methyl/N-ethyl adjacent to an activating group) is 1. The second kappa shape index (κ2) is 13.9. The van der Waals surface area contributed by atoms with Crippen LogP contribution in [0.5, 0.6) is 5.75 Å². The molecule has 0 amide bonds. The van der Waals surface area contributed by atoms with Crippen LogP contribution in [-0.4, -0.2) is 31.3 Å². The zero-order chi connectivity index (χ0) is 16.0. The van der Waals surface area contributed by atoms with Crippen molar-refractivity contribution in [3.8, 4) is 5.75 Å². The fourth-order valence-electron chi connectivity index (χ4n) is 1.36. The van der Waals surface area contributed by atoms with Gasteiger partial charge in [0.25, 0.3) is 0 Å². The van der Waals surface area contributed by atoms with Gasteiger partial charge in [0.1, 0.15) is 11.8 Å². The summed E-state index contributed by atoms with van der Waals surface area (Å²) >= 11 is 0. The van der Waals surface area contributed by atoms with Gasteiger partial charge in [-0.25, -0.2) is 0 Å². The first kappa shape index (κ1) is 20.8. The Morgan fingerprint density at radius 1 is 1.35 bits per heavy atom. The van der Waals surface area contributed by atoms with Gasteiger partial charge in [-0.2, -0.15) is 0 Å². The highest BCUT2D eigenvalue weighted by molar-refractivity contribution is 5.76. The molecule has 116 valence electrons. The maximum atomic E-state index is 11.3. The largest absolute Gasteiger partial charge is 0.508 e. The Morgan fingerprint density at radius 2 is 1.90 bits per heavy atom. The molecular weight excluding hydrogens is 254 g/mol. The SMILES string of the molecule is CC.CCC.CNC(Cc1cccc(O)c1)C(=O)OC. The number of esters is 1. The summed E-state index contributed by atoms with van der Waals surface area (Å²) in [6.45, 7) is 8.25. The minimum Gasteiger partial charge on any atom is -0.508 e. The Kier molecular flexibility index (Phi) is 14.4. The van der Waals surface area contributed by atoms with Crippen molar-refractivity contribution in [2.45, 2.75) is 46.6 Å². The molecular formula is C16H29NO3. The standard InChI is InChI=1S/C11H15NO3.C3H8.C2H6/c1-12-10(11(14)15-2)7-8-4-3-5-9(13)6-8;1-3-2;1-2/h3-6,10,12-13H,7H2,1-2H3;3H2,1-2H3;1-2H3. The van der Waals surface area contributed by atoms with Crippen molar-refractivity contribution in [3.05, 3.63) is 29.8 Å². The maximum Gasteiger partial charge on any atom is 0.323 e.